The van der Waals surface area contributed by atoms with E-state index in [9.17, 15) is 4.79 Å². The van der Waals surface area contributed by atoms with E-state index in [2.05, 4.69) is 10.3 Å². The highest BCUT2D eigenvalue weighted by atomic mass is 35.5. The van der Waals surface area contributed by atoms with Gasteiger partial charge in [-0.2, -0.15) is 0 Å². The van der Waals surface area contributed by atoms with Gasteiger partial charge in [-0.25, -0.2) is 0 Å². The number of fused-ring (bicyclic) bond motifs is 1. The second-order valence-electron chi connectivity index (χ2n) is 4.23. The first-order valence-corrected chi connectivity index (χ1v) is 6.25. The van der Waals surface area contributed by atoms with Crippen LogP contribution >= 0.6 is 11.6 Å². The molecule has 2 aromatic carbocycles. The van der Waals surface area contributed by atoms with Crippen molar-refractivity contribution in [3.8, 4) is 0 Å². The molecule has 0 aliphatic rings. The first-order chi connectivity index (χ1) is 9.22. The van der Waals surface area contributed by atoms with Crippen molar-refractivity contribution in [2.75, 3.05) is 5.32 Å². The Morgan fingerprint density at radius 3 is 2.68 bits per heavy atom. The van der Waals surface area contributed by atoms with Crippen LogP contribution in [0.4, 0.5) is 5.69 Å². The number of para-hydroxylation sites is 1. The van der Waals surface area contributed by atoms with Crippen molar-refractivity contribution in [2.24, 2.45) is 0 Å². The zero-order valence-corrected chi connectivity index (χ0v) is 10.7. The predicted octanol–water partition coefficient (Wildman–Crippen LogP) is 4.07. The number of aromatic nitrogens is 1. The van der Waals surface area contributed by atoms with Gasteiger partial charge in [0.25, 0.3) is 5.91 Å². The van der Waals surface area contributed by atoms with Gasteiger partial charge in [-0.05, 0) is 30.3 Å². The van der Waals surface area contributed by atoms with E-state index in [-0.39, 0.29) is 5.91 Å². The van der Waals surface area contributed by atoms with E-state index in [1.807, 2.05) is 30.3 Å². The molecule has 2 N–H and O–H groups in total. The smallest absolute Gasteiger partial charge is 0.272 e. The summed E-state index contributed by atoms with van der Waals surface area (Å²) in [6.07, 6.45) is 0. The SMILES string of the molecule is O=C(Nc1cccc(Cl)c1)c1cc2ccccc2[nH]1. The number of anilines is 1. The van der Waals surface area contributed by atoms with Gasteiger partial charge in [0.2, 0.25) is 0 Å². The van der Waals surface area contributed by atoms with Crippen molar-refractivity contribution in [1.82, 2.24) is 4.98 Å². The number of benzene rings is 2. The van der Waals surface area contributed by atoms with Crippen LogP contribution in [0.2, 0.25) is 5.02 Å². The molecule has 0 radical (unpaired) electrons. The highest BCUT2D eigenvalue weighted by Crippen LogP contribution is 2.18. The van der Waals surface area contributed by atoms with Crippen LogP contribution in [0.25, 0.3) is 10.9 Å². The number of amides is 1. The Morgan fingerprint density at radius 2 is 1.89 bits per heavy atom. The van der Waals surface area contributed by atoms with Crippen LogP contribution in [0.5, 0.6) is 0 Å². The van der Waals surface area contributed by atoms with Crippen LogP contribution in [0.3, 0.4) is 0 Å². The number of rotatable bonds is 2. The molecule has 0 bridgehead atoms. The number of hydrogen-bond acceptors (Lipinski definition) is 1. The highest BCUT2D eigenvalue weighted by molar-refractivity contribution is 6.31. The molecule has 0 unspecified atom stereocenters. The summed E-state index contributed by atoms with van der Waals surface area (Å²) in [5.41, 5.74) is 2.15. The van der Waals surface area contributed by atoms with Crippen molar-refractivity contribution in [1.29, 1.82) is 0 Å². The van der Waals surface area contributed by atoms with Crippen LogP contribution in [-0.2, 0) is 0 Å². The van der Waals surface area contributed by atoms with E-state index in [0.717, 1.165) is 10.9 Å². The lowest BCUT2D eigenvalue weighted by Gasteiger charge is -2.03. The van der Waals surface area contributed by atoms with Gasteiger partial charge in [-0.15, -0.1) is 0 Å². The topological polar surface area (TPSA) is 44.9 Å². The van der Waals surface area contributed by atoms with Gasteiger partial charge in [0.05, 0.1) is 0 Å². The number of aromatic amines is 1. The van der Waals surface area contributed by atoms with Crippen LogP contribution in [0.1, 0.15) is 10.5 Å². The molecular weight excluding hydrogens is 260 g/mol. The Morgan fingerprint density at radius 1 is 1.05 bits per heavy atom. The minimum atomic E-state index is -0.182. The van der Waals surface area contributed by atoms with Gasteiger partial charge in [-0.3, -0.25) is 4.79 Å². The quantitative estimate of drug-likeness (QED) is 0.724. The summed E-state index contributed by atoms with van der Waals surface area (Å²) in [6, 6.07) is 16.7. The number of hydrogen-bond donors (Lipinski definition) is 2. The molecule has 3 nitrogen and oxygen atoms in total. The third-order valence-corrected chi connectivity index (χ3v) is 3.09. The Labute approximate surface area is 115 Å². The van der Waals surface area contributed by atoms with Crippen LogP contribution in [0.15, 0.2) is 54.6 Å². The molecule has 3 aromatic rings. The third-order valence-electron chi connectivity index (χ3n) is 2.86. The lowest BCUT2D eigenvalue weighted by molar-refractivity contribution is 0.102. The predicted molar refractivity (Wildman–Crippen MR) is 77.7 cm³/mol. The highest BCUT2D eigenvalue weighted by Gasteiger charge is 2.09. The van der Waals surface area contributed by atoms with Gasteiger partial charge in [0.1, 0.15) is 5.69 Å². The monoisotopic (exact) mass is 270 g/mol. The lowest BCUT2D eigenvalue weighted by atomic mass is 10.2. The van der Waals surface area contributed by atoms with Crippen LogP contribution < -0.4 is 5.32 Å². The molecule has 0 aliphatic carbocycles. The van der Waals surface area contributed by atoms with Gasteiger partial charge in [0, 0.05) is 21.6 Å². The maximum Gasteiger partial charge on any atom is 0.272 e. The average molecular weight is 271 g/mol. The summed E-state index contributed by atoms with van der Waals surface area (Å²) < 4.78 is 0. The first-order valence-electron chi connectivity index (χ1n) is 5.87. The van der Waals surface area contributed by atoms with Gasteiger partial charge in [0.15, 0.2) is 0 Å². The molecule has 1 heterocycles. The Hall–Kier alpha value is -2.26. The first kappa shape index (κ1) is 11.8. The number of H-pyrrole nitrogens is 1. The molecule has 0 aliphatic heterocycles. The van der Waals surface area contributed by atoms with E-state index in [0.29, 0.717) is 16.4 Å². The Kier molecular flexibility index (Phi) is 2.97. The summed E-state index contributed by atoms with van der Waals surface area (Å²) >= 11 is 5.88. The number of halogens is 1. The third kappa shape index (κ3) is 2.46. The second kappa shape index (κ2) is 4.78. The van der Waals surface area contributed by atoms with Crippen LogP contribution in [-0.4, -0.2) is 10.9 Å². The van der Waals surface area contributed by atoms with E-state index >= 15 is 0 Å². The van der Waals surface area contributed by atoms with Crippen molar-refractivity contribution in [3.05, 3.63) is 65.3 Å². The molecule has 0 saturated heterocycles. The summed E-state index contributed by atoms with van der Waals surface area (Å²) in [7, 11) is 0. The number of carbonyl (C=O) groups excluding carboxylic acids is 1. The molecule has 3 rings (SSSR count). The maximum atomic E-state index is 12.1. The summed E-state index contributed by atoms with van der Waals surface area (Å²) in [5, 5.41) is 4.41. The van der Waals surface area contributed by atoms with Crippen LogP contribution in [0, 0.1) is 0 Å². The van der Waals surface area contributed by atoms with Crippen molar-refractivity contribution < 1.29 is 4.79 Å². The second-order valence-corrected chi connectivity index (χ2v) is 4.67. The molecule has 0 spiro atoms. The number of carbonyl (C=O) groups is 1. The zero-order valence-electron chi connectivity index (χ0n) is 9.98. The standard InChI is InChI=1S/C15H11ClN2O/c16-11-5-3-6-12(9-11)17-15(19)14-8-10-4-1-2-7-13(10)18-14/h1-9,18H,(H,17,19). The van der Waals surface area contributed by atoms with Crippen molar-refractivity contribution >= 4 is 34.1 Å². The summed E-state index contributed by atoms with van der Waals surface area (Å²) in [4.78, 5) is 15.2. The molecule has 4 heteroatoms. The number of nitrogens with one attached hydrogen (secondary N) is 2. The van der Waals surface area contributed by atoms with E-state index in [4.69, 9.17) is 11.6 Å². The fourth-order valence-electron chi connectivity index (χ4n) is 1.96. The summed E-state index contributed by atoms with van der Waals surface area (Å²) in [5.74, 6) is -0.182. The van der Waals surface area contributed by atoms with Gasteiger partial charge < -0.3 is 10.3 Å². The van der Waals surface area contributed by atoms with Gasteiger partial charge >= 0.3 is 0 Å². The van der Waals surface area contributed by atoms with E-state index in [1.54, 1.807) is 24.3 Å². The molecule has 0 atom stereocenters. The fourth-order valence-corrected chi connectivity index (χ4v) is 2.15. The minimum Gasteiger partial charge on any atom is -0.351 e. The normalized spacial score (nSPS) is 10.6. The minimum absolute atomic E-state index is 0.182. The fraction of sp³-hybridized carbons (Fsp3) is 0. The molecule has 0 saturated carbocycles. The Balaban J connectivity index is 1.87. The molecule has 0 fully saturated rings. The zero-order chi connectivity index (χ0) is 13.2. The summed E-state index contributed by atoms with van der Waals surface area (Å²) in [6.45, 7) is 0. The van der Waals surface area contributed by atoms with Gasteiger partial charge in [-0.1, -0.05) is 35.9 Å². The molecule has 94 valence electrons. The molecular formula is C15H11ClN2O. The van der Waals surface area contributed by atoms with Crippen molar-refractivity contribution in [2.45, 2.75) is 0 Å². The average Bonchev–Trinajstić information content (AvgIpc) is 2.82. The van der Waals surface area contributed by atoms with E-state index in [1.165, 1.54) is 0 Å². The lowest BCUT2D eigenvalue weighted by Crippen LogP contribution is -2.11. The largest absolute Gasteiger partial charge is 0.351 e. The molecule has 1 aromatic heterocycles. The maximum absolute atomic E-state index is 12.1. The van der Waals surface area contributed by atoms with E-state index < -0.39 is 0 Å². The Bertz CT molecular complexity index is 715. The van der Waals surface area contributed by atoms with Crippen molar-refractivity contribution in [3.63, 3.8) is 0 Å². The molecule has 1 amide bonds. The molecule has 19 heavy (non-hydrogen) atoms.